The molecular weight excluding hydrogens is 276 g/mol. The Hall–Kier alpha value is -1.97. The lowest BCUT2D eigenvalue weighted by Gasteiger charge is -2.15. The minimum absolute atomic E-state index is 0.0257. The third-order valence-corrected chi connectivity index (χ3v) is 4.45. The maximum atomic E-state index is 5.95. The molecule has 0 fully saturated rings. The smallest absolute Gasteiger partial charge is 0.105 e. The van der Waals surface area contributed by atoms with Crippen LogP contribution in [-0.4, -0.2) is 4.98 Å². The molecule has 2 N–H and O–H groups in total. The summed E-state index contributed by atoms with van der Waals surface area (Å²) in [5.74, 6) is 0.171. The van der Waals surface area contributed by atoms with Gasteiger partial charge < -0.3 is 5.73 Å². The van der Waals surface area contributed by atoms with Crippen LogP contribution < -0.4 is 5.73 Å². The highest BCUT2D eigenvalue weighted by Gasteiger charge is 2.20. The van der Waals surface area contributed by atoms with E-state index in [1.807, 2.05) is 19.1 Å². The Morgan fingerprint density at radius 2 is 1.43 bits per heavy atom. The summed E-state index contributed by atoms with van der Waals surface area (Å²) >= 11 is 1.68. The second-order valence-electron chi connectivity index (χ2n) is 5.15. The molecular formula is C18H18N2S. The number of hydrogen-bond donors (Lipinski definition) is 1. The minimum Gasteiger partial charge on any atom is -0.323 e. The Balaban J connectivity index is 2.08. The van der Waals surface area contributed by atoms with Crippen LogP contribution in [0.25, 0.3) is 0 Å². The number of benzene rings is 2. The van der Waals surface area contributed by atoms with Gasteiger partial charge in [-0.1, -0.05) is 60.7 Å². The van der Waals surface area contributed by atoms with E-state index >= 15 is 0 Å². The van der Waals surface area contributed by atoms with Gasteiger partial charge in [-0.05, 0) is 18.1 Å². The first-order chi connectivity index (χ1) is 10.3. The standard InChI is InChI=1S/C18H18N2S/c1-13(19)16-12-21-18(20-16)17(14-8-4-2-5-9-14)15-10-6-3-7-11-15/h2-13,17H,19H2,1H3. The van der Waals surface area contributed by atoms with E-state index < -0.39 is 0 Å². The molecule has 0 radical (unpaired) electrons. The van der Waals surface area contributed by atoms with Crippen molar-refractivity contribution in [3.8, 4) is 0 Å². The summed E-state index contributed by atoms with van der Waals surface area (Å²) in [6.07, 6.45) is 0. The summed E-state index contributed by atoms with van der Waals surface area (Å²) in [7, 11) is 0. The van der Waals surface area contributed by atoms with Crippen molar-refractivity contribution in [1.29, 1.82) is 0 Å². The molecule has 0 spiro atoms. The molecule has 2 aromatic carbocycles. The van der Waals surface area contributed by atoms with Gasteiger partial charge in [-0.25, -0.2) is 4.98 Å². The first kappa shape index (κ1) is 14.0. The Bertz CT molecular complexity index is 650. The van der Waals surface area contributed by atoms with Gasteiger partial charge in [-0.15, -0.1) is 11.3 Å². The maximum Gasteiger partial charge on any atom is 0.105 e. The van der Waals surface area contributed by atoms with Crippen molar-refractivity contribution < 1.29 is 0 Å². The summed E-state index contributed by atoms with van der Waals surface area (Å²) in [6, 6.07) is 21.0. The van der Waals surface area contributed by atoms with E-state index in [9.17, 15) is 0 Å². The number of thiazole rings is 1. The normalized spacial score (nSPS) is 12.5. The summed E-state index contributed by atoms with van der Waals surface area (Å²) in [4.78, 5) is 4.76. The second-order valence-corrected chi connectivity index (χ2v) is 6.04. The highest BCUT2D eigenvalue weighted by molar-refractivity contribution is 7.09. The fraction of sp³-hybridized carbons (Fsp3) is 0.167. The van der Waals surface area contributed by atoms with Crippen LogP contribution in [0.4, 0.5) is 0 Å². The fourth-order valence-electron chi connectivity index (χ4n) is 2.41. The van der Waals surface area contributed by atoms with Gasteiger partial charge in [0.05, 0.1) is 11.6 Å². The van der Waals surface area contributed by atoms with Crippen LogP contribution in [0.1, 0.15) is 40.7 Å². The largest absolute Gasteiger partial charge is 0.323 e. The Morgan fingerprint density at radius 1 is 0.905 bits per heavy atom. The summed E-state index contributed by atoms with van der Waals surface area (Å²) in [6.45, 7) is 1.97. The minimum atomic E-state index is -0.0257. The third kappa shape index (κ3) is 3.04. The predicted octanol–water partition coefficient (Wildman–Crippen LogP) is 4.34. The molecule has 1 unspecified atom stereocenters. The van der Waals surface area contributed by atoms with E-state index in [2.05, 4.69) is 53.9 Å². The van der Waals surface area contributed by atoms with Crippen molar-refractivity contribution in [2.75, 3.05) is 0 Å². The van der Waals surface area contributed by atoms with Crippen LogP contribution in [0.3, 0.4) is 0 Å². The van der Waals surface area contributed by atoms with Gasteiger partial charge in [0.1, 0.15) is 5.01 Å². The first-order valence-corrected chi connectivity index (χ1v) is 7.94. The zero-order chi connectivity index (χ0) is 14.7. The van der Waals surface area contributed by atoms with Gasteiger partial charge >= 0.3 is 0 Å². The lowest BCUT2D eigenvalue weighted by molar-refractivity contribution is 0.778. The topological polar surface area (TPSA) is 38.9 Å². The molecule has 0 aliphatic heterocycles. The van der Waals surface area contributed by atoms with E-state index in [0.29, 0.717) is 0 Å². The molecule has 3 heteroatoms. The molecule has 1 heterocycles. The van der Waals surface area contributed by atoms with Gasteiger partial charge in [0.15, 0.2) is 0 Å². The van der Waals surface area contributed by atoms with Crippen LogP contribution in [0.15, 0.2) is 66.0 Å². The van der Waals surface area contributed by atoms with Crippen molar-refractivity contribution in [1.82, 2.24) is 4.98 Å². The number of hydrogen-bond acceptors (Lipinski definition) is 3. The lowest BCUT2D eigenvalue weighted by atomic mass is 9.92. The lowest BCUT2D eigenvalue weighted by Crippen LogP contribution is -2.07. The summed E-state index contributed by atoms with van der Waals surface area (Å²) in [5, 5.41) is 3.17. The first-order valence-electron chi connectivity index (χ1n) is 7.06. The molecule has 1 aromatic heterocycles. The molecule has 0 saturated heterocycles. The second kappa shape index (κ2) is 6.20. The zero-order valence-electron chi connectivity index (χ0n) is 11.9. The van der Waals surface area contributed by atoms with Crippen LogP contribution in [0.2, 0.25) is 0 Å². The average Bonchev–Trinajstić information content (AvgIpc) is 3.00. The Morgan fingerprint density at radius 3 is 1.86 bits per heavy atom. The molecule has 3 aromatic rings. The molecule has 0 saturated carbocycles. The summed E-state index contributed by atoms with van der Waals surface area (Å²) < 4.78 is 0. The number of rotatable bonds is 4. The highest BCUT2D eigenvalue weighted by atomic mass is 32.1. The van der Waals surface area contributed by atoms with E-state index in [1.165, 1.54) is 11.1 Å². The molecule has 0 aliphatic rings. The SMILES string of the molecule is CC(N)c1csc(C(c2ccccc2)c2ccccc2)n1. The van der Waals surface area contributed by atoms with E-state index in [-0.39, 0.29) is 12.0 Å². The molecule has 0 aliphatic carbocycles. The van der Waals surface area contributed by atoms with Crippen molar-refractivity contribution in [2.24, 2.45) is 5.73 Å². The summed E-state index contributed by atoms with van der Waals surface area (Å²) in [5.41, 5.74) is 9.43. The molecule has 106 valence electrons. The monoisotopic (exact) mass is 294 g/mol. The molecule has 21 heavy (non-hydrogen) atoms. The van der Waals surface area contributed by atoms with E-state index in [4.69, 9.17) is 10.7 Å². The number of nitrogens with two attached hydrogens (primary N) is 1. The van der Waals surface area contributed by atoms with Crippen LogP contribution in [-0.2, 0) is 0 Å². The van der Waals surface area contributed by atoms with Crippen molar-refractivity contribution in [3.05, 3.63) is 87.9 Å². The van der Waals surface area contributed by atoms with Gasteiger partial charge in [0.2, 0.25) is 0 Å². The third-order valence-electron chi connectivity index (χ3n) is 3.52. The van der Waals surface area contributed by atoms with Gasteiger partial charge in [0, 0.05) is 11.4 Å². The maximum absolute atomic E-state index is 5.95. The van der Waals surface area contributed by atoms with Crippen molar-refractivity contribution >= 4 is 11.3 Å². The Kier molecular flexibility index (Phi) is 4.13. The van der Waals surface area contributed by atoms with Crippen LogP contribution in [0.5, 0.6) is 0 Å². The molecule has 0 amide bonds. The molecule has 1 atom stereocenters. The van der Waals surface area contributed by atoms with Gasteiger partial charge in [-0.3, -0.25) is 0 Å². The van der Waals surface area contributed by atoms with E-state index in [1.54, 1.807) is 11.3 Å². The van der Waals surface area contributed by atoms with Crippen molar-refractivity contribution in [3.63, 3.8) is 0 Å². The highest BCUT2D eigenvalue weighted by Crippen LogP contribution is 2.34. The predicted molar refractivity (Wildman–Crippen MR) is 88.5 cm³/mol. The zero-order valence-corrected chi connectivity index (χ0v) is 12.8. The van der Waals surface area contributed by atoms with Crippen molar-refractivity contribution in [2.45, 2.75) is 18.9 Å². The molecule has 3 rings (SSSR count). The van der Waals surface area contributed by atoms with Crippen LogP contribution in [0, 0.1) is 0 Å². The number of nitrogens with zero attached hydrogens (tertiary/aromatic N) is 1. The number of aromatic nitrogens is 1. The van der Waals surface area contributed by atoms with Gasteiger partial charge in [0.25, 0.3) is 0 Å². The van der Waals surface area contributed by atoms with E-state index in [0.717, 1.165) is 10.7 Å². The molecule has 0 bridgehead atoms. The quantitative estimate of drug-likeness (QED) is 0.777. The fourth-order valence-corrected chi connectivity index (χ4v) is 3.49. The Labute approximate surface area is 129 Å². The van der Waals surface area contributed by atoms with Gasteiger partial charge in [-0.2, -0.15) is 0 Å². The average molecular weight is 294 g/mol. The molecule has 2 nitrogen and oxygen atoms in total. The van der Waals surface area contributed by atoms with Crippen LogP contribution >= 0.6 is 11.3 Å².